The molecule has 0 aromatic rings. The highest BCUT2D eigenvalue weighted by Gasteiger charge is 2.14. The fourth-order valence-corrected chi connectivity index (χ4v) is 0.382. The summed E-state index contributed by atoms with van der Waals surface area (Å²) in [5.41, 5.74) is -0.716. The Morgan fingerprint density at radius 1 is 1.67 bits per heavy atom. The quantitative estimate of drug-likeness (QED) is 0.341. The molecule has 3 nitrogen and oxygen atoms in total. The molecule has 3 heteroatoms. The largest absolute Gasteiger partial charge is 0.411 e. The molecule has 0 heterocycles. The van der Waals surface area contributed by atoms with Crippen LogP contribution in [0.25, 0.3) is 0 Å². The first-order chi connectivity index (χ1) is 4.12. The van der Waals surface area contributed by atoms with Crippen molar-refractivity contribution in [2.75, 3.05) is 0 Å². The molecule has 0 aromatic carbocycles. The molecule has 1 atom stereocenters. The van der Waals surface area contributed by atoms with Crippen molar-refractivity contribution >= 4 is 6.21 Å². The molecule has 0 aliphatic carbocycles. The predicted molar refractivity (Wildman–Crippen MR) is 35.8 cm³/mol. The monoisotopic (exact) mass is 131 g/mol. The fourth-order valence-electron chi connectivity index (χ4n) is 0.382. The standard InChI is InChI=1S/C6H13NO2/c1-3-6(2,8)4-5-7-9/h5,8-9H,3-4H2,1-2H3/b7-5+. The molecule has 0 bridgehead atoms. The first kappa shape index (κ1) is 8.43. The van der Waals surface area contributed by atoms with Crippen molar-refractivity contribution in [2.24, 2.45) is 5.16 Å². The van der Waals surface area contributed by atoms with Gasteiger partial charge in [0.25, 0.3) is 0 Å². The number of hydrogen-bond acceptors (Lipinski definition) is 3. The number of rotatable bonds is 3. The van der Waals surface area contributed by atoms with Gasteiger partial charge in [0.2, 0.25) is 0 Å². The third-order valence-corrected chi connectivity index (χ3v) is 1.37. The minimum absolute atomic E-state index is 0.403. The summed E-state index contributed by atoms with van der Waals surface area (Å²) in [6.45, 7) is 3.58. The lowest BCUT2D eigenvalue weighted by Crippen LogP contribution is -2.22. The second-order valence-corrected chi connectivity index (χ2v) is 2.35. The molecule has 0 aliphatic rings. The Balaban J connectivity index is 3.58. The van der Waals surface area contributed by atoms with Gasteiger partial charge in [0.15, 0.2) is 0 Å². The lowest BCUT2D eigenvalue weighted by Gasteiger charge is -2.17. The third-order valence-electron chi connectivity index (χ3n) is 1.37. The first-order valence-corrected chi connectivity index (χ1v) is 3.00. The van der Waals surface area contributed by atoms with Crippen LogP contribution in [0.15, 0.2) is 5.16 Å². The van der Waals surface area contributed by atoms with Gasteiger partial charge in [0, 0.05) is 12.6 Å². The van der Waals surface area contributed by atoms with Crippen LogP contribution in [0.4, 0.5) is 0 Å². The minimum atomic E-state index is -0.716. The van der Waals surface area contributed by atoms with Crippen LogP contribution in [0.1, 0.15) is 26.7 Å². The second kappa shape index (κ2) is 3.45. The number of aliphatic hydroxyl groups is 1. The SMILES string of the molecule is CCC(C)(O)C/C=N/O. The molecule has 0 fully saturated rings. The molecule has 9 heavy (non-hydrogen) atoms. The van der Waals surface area contributed by atoms with E-state index in [1.54, 1.807) is 6.92 Å². The van der Waals surface area contributed by atoms with E-state index in [0.717, 1.165) is 0 Å². The summed E-state index contributed by atoms with van der Waals surface area (Å²) < 4.78 is 0. The average molecular weight is 131 g/mol. The molecule has 0 rings (SSSR count). The normalized spacial score (nSPS) is 18.1. The molecule has 2 N–H and O–H groups in total. The Bertz CT molecular complexity index is 99.2. The summed E-state index contributed by atoms with van der Waals surface area (Å²) in [6.07, 6.45) is 2.36. The molecule has 0 amide bonds. The lowest BCUT2D eigenvalue weighted by molar-refractivity contribution is 0.0642. The molecule has 0 spiro atoms. The van der Waals surface area contributed by atoms with Gasteiger partial charge in [-0.05, 0) is 13.3 Å². The van der Waals surface area contributed by atoms with Crippen molar-refractivity contribution in [3.63, 3.8) is 0 Å². The van der Waals surface area contributed by atoms with Crippen LogP contribution in [0.2, 0.25) is 0 Å². The molecular weight excluding hydrogens is 118 g/mol. The maximum Gasteiger partial charge on any atom is 0.0667 e. The smallest absolute Gasteiger partial charge is 0.0667 e. The summed E-state index contributed by atoms with van der Waals surface area (Å²) in [7, 11) is 0. The summed E-state index contributed by atoms with van der Waals surface area (Å²) in [5, 5.41) is 20.0. The van der Waals surface area contributed by atoms with E-state index in [1.165, 1.54) is 6.21 Å². The van der Waals surface area contributed by atoms with Crippen LogP contribution >= 0.6 is 0 Å². The van der Waals surface area contributed by atoms with E-state index in [9.17, 15) is 5.11 Å². The third kappa shape index (κ3) is 3.97. The van der Waals surface area contributed by atoms with E-state index in [1.807, 2.05) is 6.92 Å². The van der Waals surface area contributed by atoms with Crippen LogP contribution in [0.3, 0.4) is 0 Å². The van der Waals surface area contributed by atoms with Gasteiger partial charge in [-0.3, -0.25) is 0 Å². The van der Waals surface area contributed by atoms with Crippen LogP contribution < -0.4 is 0 Å². The molecule has 0 aliphatic heterocycles. The van der Waals surface area contributed by atoms with Crippen molar-refractivity contribution < 1.29 is 10.3 Å². The molecule has 0 saturated heterocycles. The summed E-state index contributed by atoms with van der Waals surface area (Å²) >= 11 is 0. The zero-order valence-electron chi connectivity index (χ0n) is 5.83. The van der Waals surface area contributed by atoms with Crippen LogP contribution in [0, 0.1) is 0 Å². The maximum absolute atomic E-state index is 9.25. The number of oxime groups is 1. The summed E-state index contributed by atoms with van der Waals surface area (Å²) in [5.74, 6) is 0. The number of nitrogens with zero attached hydrogens (tertiary/aromatic N) is 1. The first-order valence-electron chi connectivity index (χ1n) is 3.00. The Morgan fingerprint density at radius 3 is 2.56 bits per heavy atom. The van der Waals surface area contributed by atoms with E-state index < -0.39 is 5.60 Å². The van der Waals surface area contributed by atoms with E-state index in [0.29, 0.717) is 12.8 Å². The van der Waals surface area contributed by atoms with Crippen molar-refractivity contribution in [3.05, 3.63) is 0 Å². The maximum atomic E-state index is 9.25. The van der Waals surface area contributed by atoms with Crippen molar-refractivity contribution in [2.45, 2.75) is 32.3 Å². The van der Waals surface area contributed by atoms with Gasteiger partial charge in [-0.15, -0.1) is 5.16 Å². The van der Waals surface area contributed by atoms with Gasteiger partial charge in [-0.25, -0.2) is 0 Å². The lowest BCUT2D eigenvalue weighted by atomic mass is 10.0. The molecular formula is C6H13NO2. The van der Waals surface area contributed by atoms with E-state index >= 15 is 0 Å². The zero-order valence-corrected chi connectivity index (χ0v) is 5.83. The van der Waals surface area contributed by atoms with Gasteiger partial charge in [-0.2, -0.15) is 0 Å². The van der Waals surface area contributed by atoms with Gasteiger partial charge in [0.1, 0.15) is 0 Å². The summed E-state index contributed by atoms with van der Waals surface area (Å²) in [6, 6.07) is 0. The topological polar surface area (TPSA) is 52.8 Å². The zero-order chi connectivity index (χ0) is 7.33. The van der Waals surface area contributed by atoms with Crippen LogP contribution in [-0.4, -0.2) is 22.1 Å². The molecule has 1 unspecified atom stereocenters. The minimum Gasteiger partial charge on any atom is -0.411 e. The Morgan fingerprint density at radius 2 is 2.22 bits per heavy atom. The molecule has 0 saturated carbocycles. The van der Waals surface area contributed by atoms with Crippen molar-refractivity contribution in [1.29, 1.82) is 0 Å². The van der Waals surface area contributed by atoms with Crippen LogP contribution in [0.5, 0.6) is 0 Å². The Kier molecular flexibility index (Phi) is 3.24. The second-order valence-electron chi connectivity index (χ2n) is 2.35. The van der Waals surface area contributed by atoms with Gasteiger partial charge in [0.05, 0.1) is 5.60 Å². The highest BCUT2D eigenvalue weighted by Crippen LogP contribution is 2.10. The van der Waals surface area contributed by atoms with Gasteiger partial charge < -0.3 is 10.3 Å². The predicted octanol–water partition coefficient (Wildman–Crippen LogP) is 0.998. The van der Waals surface area contributed by atoms with E-state index in [4.69, 9.17) is 5.21 Å². The van der Waals surface area contributed by atoms with Gasteiger partial charge >= 0.3 is 0 Å². The van der Waals surface area contributed by atoms with Gasteiger partial charge in [-0.1, -0.05) is 6.92 Å². The Hall–Kier alpha value is -0.570. The average Bonchev–Trinajstić information content (AvgIpc) is 1.84. The highest BCUT2D eigenvalue weighted by atomic mass is 16.4. The van der Waals surface area contributed by atoms with Crippen molar-refractivity contribution in [3.8, 4) is 0 Å². The van der Waals surface area contributed by atoms with E-state index in [2.05, 4.69) is 5.16 Å². The fraction of sp³-hybridized carbons (Fsp3) is 0.833. The van der Waals surface area contributed by atoms with Crippen molar-refractivity contribution in [1.82, 2.24) is 0 Å². The Labute approximate surface area is 55.0 Å². The highest BCUT2D eigenvalue weighted by molar-refractivity contribution is 5.57. The molecule has 0 aromatic heterocycles. The van der Waals surface area contributed by atoms with E-state index in [-0.39, 0.29) is 0 Å². The number of hydrogen-bond donors (Lipinski definition) is 2. The summed E-state index contributed by atoms with van der Waals surface area (Å²) in [4.78, 5) is 0. The van der Waals surface area contributed by atoms with Crippen LogP contribution in [-0.2, 0) is 0 Å². The molecule has 0 radical (unpaired) electrons. The molecule has 54 valence electrons.